The lowest BCUT2D eigenvalue weighted by atomic mass is 10.1. The fraction of sp³-hybridized carbons (Fsp3) is 0.842. The summed E-state index contributed by atoms with van der Waals surface area (Å²) in [5, 5.41) is 0. The van der Waals surface area contributed by atoms with Gasteiger partial charge in [-0.25, -0.2) is 4.79 Å². The smallest absolute Gasteiger partial charge is 0.463 e. The van der Waals surface area contributed by atoms with E-state index in [4.69, 9.17) is 18.0 Å². The van der Waals surface area contributed by atoms with Crippen molar-refractivity contribution in [3.8, 4) is 0 Å². The summed E-state index contributed by atoms with van der Waals surface area (Å²) in [7, 11) is -2.45. The molecule has 0 spiro atoms. The second-order valence-corrected chi connectivity index (χ2v) is 8.66. The van der Waals surface area contributed by atoms with Gasteiger partial charge >= 0.3 is 14.8 Å². The molecule has 0 atom stereocenters. The fourth-order valence-corrected chi connectivity index (χ4v) is 5.42. The van der Waals surface area contributed by atoms with Crippen molar-refractivity contribution in [2.45, 2.75) is 78.2 Å². The van der Waals surface area contributed by atoms with Crippen LogP contribution in [0.25, 0.3) is 0 Å². The molecule has 0 aliphatic carbocycles. The largest absolute Gasteiger partial charge is 0.500 e. The first-order valence-corrected chi connectivity index (χ1v) is 11.8. The van der Waals surface area contributed by atoms with Crippen molar-refractivity contribution in [3.05, 3.63) is 12.7 Å². The highest BCUT2D eigenvalue weighted by Gasteiger charge is 2.39. The van der Waals surface area contributed by atoms with Gasteiger partial charge in [0.2, 0.25) is 0 Å². The molecule has 148 valence electrons. The molecule has 0 aromatic carbocycles. The van der Waals surface area contributed by atoms with Crippen LogP contribution in [0.1, 0.15) is 72.1 Å². The number of hydrogen-bond acceptors (Lipinski definition) is 5. The predicted molar refractivity (Wildman–Crippen MR) is 104 cm³/mol. The van der Waals surface area contributed by atoms with Crippen LogP contribution in [0.4, 0.5) is 0 Å². The second kappa shape index (κ2) is 16.8. The summed E-state index contributed by atoms with van der Waals surface area (Å²) in [4.78, 5) is 10.9. The maximum Gasteiger partial charge on any atom is 0.500 e. The number of ether oxygens (including phenoxy) is 1. The van der Waals surface area contributed by atoms with Gasteiger partial charge in [-0.2, -0.15) is 0 Å². The van der Waals surface area contributed by atoms with E-state index in [1.54, 1.807) is 0 Å². The summed E-state index contributed by atoms with van der Waals surface area (Å²) in [6.45, 7) is 11.8. The lowest BCUT2D eigenvalue weighted by Gasteiger charge is -2.28. The van der Waals surface area contributed by atoms with Crippen LogP contribution in [-0.2, 0) is 22.8 Å². The zero-order chi connectivity index (χ0) is 18.8. The Labute approximate surface area is 155 Å². The normalized spacial score (nSPS) is 11.5. The molecule has 0 saturated carbocycles. The van der Waals surface area contributed by atoms with E-state index in [1.807, 2.05) is 20.8 Å². The predicted octanol–water partition coefficient (Wildman–Crippen LogP) is 4.88. The molecule has 0 N–H and O–H groups in total. The molecule has 5 nitrogen and oxygen atoms in total. The maximum absolute atomic E-state index is 10.9. The van der Waals surface area contributed by atoms with Crippen molar-refractivity contribution in [3.63, 3.8) is 0 Å². The van der Waals surface area contributed by atoms with Gasteiger partial charge in [-0.3, -0.25) is 0 Å². The SMILES string of the molecule is C=CC(=O)OCCCCCCCCCC[Si](OCC)(OCC)OCC. The van der Waals surface area contributed by atoms with E-state index in [0.717, 1.165) is 25.3 Å². The van der Waals surface area contributed by atoms with Crippen LogP contribution in [0.3, 0.4) is 0 Å². The Hall–Kier alpha value is -0.693. The third-order valence-electron chi connectivity index (χ3n) is 3.88. The number of unbranched alkanes of at least 4 members (excludes halogenated alkanes) is 7. The molecule has 6 heteroatoms. The Morgan fingerprint density at radius 2 is 1.24 bits per heavy atom. The first-order chi connectivity index (χ1) is 12.1. The Bertz CT molecular complexity index is 319. The first kappa shape index (κ1) is 24.3. The minimum atomic E-state index is -2.45. The summed E-state index contributed by atoms with van der Waals surface area (Å²) < 4.78 is 22.6. The Morgan fingerprint density at radius 3 is 1.68 bits per heavy atom. The summed E-state index contributed by atoms with van der Waals surface area (Å²) in [5.41, 5.74) is 0. The number of carbonyl (C=O) groups is 1. The number of rotatable bonds is 18. The molecule has 25 heavy (non-hydrogen) atoms. The van der Waals surface area contributed by atoms with E-state index in [0.29, 0.717) is 26.4 Å². The van der Waals surface area contributed by atoms with Gasteiger partial charge < -0.3 is 18.0 Å². The zero-order valence-electron chi connectivity index (χ0n) is 16.5. The topological polar surface area (TPSA) is 54.0 Å². The summed E-state index contributed by atoms with van der Waals surface area (Å²) in [6, 6.07) is 0.914. The lowest BCUT2D eigenvalue weighted by molar-refractivity contribution is -0.137. The van der Waals surface area contributed by atoms with Gasteiger partial charge in [-0.15, -0.1) is 0 Å². The van der Waals surface area contributed by atoms with Gasteiger partial charge in [0.05, 0.1) is 6.61 Å². The van der Waals surface area contributed by atoms with Crippen LogP contribution in [0.5, 0.6) is 0 Å². The van der Waals surface area contributed by atoms with Gasteiger partial charge in [0, 0.05) is 31.9 Å². The van der Waals surface area contributed by atoms with Crippen LogP contribution < -0.4 is 0 Å². The Balaban J connectivity index is 3.65. The highest BCUT2D eigenvalue weighted by molar-refractivity contribution is 6.60. The standard InChI is InChI=1S/C19H38O5Si/c1-5-19(20)21-17-15-13-11-9-10-12-14-16-18-25(22-6-2,23-7-3)24-8-4/h5H,1,6-18H2,2-4H3. The molecule has 0 aromatic rings. The zero-order valence-corrected chi connectivity index (χ0v) is 17.5. The molecule has 0 heterocycles. The van der Waals surface area contributed by atoms with Gasteiger partial charge in [0.15, 0.2) is 0 Å². The van der Waals surface area contributed by atoms with E-state index in [9.17, 15) is 4.79 Å². The van der Waals surface area contributed by atoms with E-state index < -0.39 is 8.80 Å². The Morgan fingerprint density at radius 1 is 0.800 bits per heavy atom. The summed E-state index contributed by atoms with van der Waals surface area (Å²) >= 11 is 0. The molecule has 0 fully saturated rings. The van der Waals surface area contributed by atoms with Crippen LogP contribution in [-0.4, -0.2) is 41.2 Å². The summed E-state index contributed by atoms with van der Waals surface area (Å²) in [5.74, 6) is -0.328. The minimum Gasteiger partial charge on any atom is -0.463 e. The third-order valence-corrected chi connectivity index (χ3v) is 7.03. The highest BCUT2D eigenvalue weighted by atomic mass is 28.4. The average molecular weight is 375 g/mol. The number of esters is 1. The van der Waals surface area contributed by atoms with Gasteiger partial charge in [-0.05, 0) is 33.6 Å². The van der Waals surface area contributed by atoms with E-state index in [1.165, 1.54) is 38.2 Å². The van der Waals surface area contributed by atoms with Crippen LogP contribution >= 0.6 is 0 Å². The molecule has 0 unspecified atom stereocenters. The first-order valence-electron chi connectivity index (χ1n) is 9.85. The fourth-order valence-electron chi connectivity index (χ4n) is 2.74. The number of carbonyl (C=O) groups excluding carboxylic acids is 1. The van der Waals surface area contributed by atoms with Gasteiger partial charge in [0.25, 0.3) is 0 Å². The van der Waals surface area contributed by atoms with Crippen molar-refractivity contribution < 1.29 is 22.8 Å². The molecule has 0 bridgehead atoms. The van der Waals surface area contributed by atoms with Gasteiger partial charge in [-0.1, -0.05) is 45.1 Å². The van der Waals surface area contributed by atoms with Crippen molar-refractivity contribution >= 4 is 14.8 Å². The average Bonchev–Trinajstić information content (AvgIpc) is 2.60. The molecule has 0 amide bonds. The number of hydrogen-bond donors (Lipinski definition) is 0. The molecular formula is C19H38O5Si. The third kappa shape index (κ3) is 13.2. The Kier molecular flexibility index (Phi) is 16.3. The highest BCUT2D eigenvalue weighted by Crippen LogP contribution is 2.20. The van der Waals surface area contributed by atoms with Crippen molar-refractivity contribution in [2.75, 3.05) is 26.4 Å². The van der Waals surface area contributed by atoms with Crippen LogP contribution in [0.15, 0.2) is 12.7 Å². The maximum atomic E-state index is 10.9. The van der Waals surface area contributed by atoms with Crippen LogP contribution in [0, 0.1) is 0 Å². The van der Waals surface area contributed by atoms with E-state index in [2.05, 4.69) is 6.58 Å². The lowest BCUT2D eigenvalue weighted by Crippen LogP contribution is -2.45. The molecular weight excluding hydrogens is 336 g/mol. The summed E-state index contributed by atoms with van der Waals surface area (Å²) in [6.07, 6.45) is 10.5. The van der Waals surface area contributed by atoms with Gasteiger partial charge in [0.1, 0.15) is 0 Å². The molecule has 0 aromatic heterocycles. The van der Waals surface area contributed by atoms with Crippen molar-refractivity contribution in [2.24, 2.45) is 0 Å². The molecule has 0 saturated heterocycles. The second-order valence-electron chi connectivity index (χ2n) is 5.93. The molecule has 0 rings (SSSR count). The molecule has 0 aliphatic rings. The quantitative estimate of drug-likeness (QED) is 0.148. The van der Waals surface area contributed by atoms with Crippen molar-refractivity contribution in [1.82, 2.24) is 0 Å². The van der Waals surface area contributed by atoms with E-state index in [-0.39, 0.29) is 5.97 Å². The molecule has 0 aliphatic heterocycles. The monoisotopic (exact) mass is 374 g/mol. The van der Waals surface area contributed by atoms with Crippen LogP contribution in [0.2, 0.25) is 6.04 Å². The minimum absolute atomic E-state index is 0.328. The van der Waals surface area contributed by atoms with E-state index >= 15 is 0 Å². The molecule has 0 radical (unpaired) electrons. The van der Waals surface area contributed by atoms with Crippen molar-refractivity contribution in [1.29, 1.82) is 0 Å².